The molecule has 0 saturated heterocycles. The van der Waals surface area contributed by atoms with Crippen LogP contribution in [0.4, 0.5) is 18.0 Å². The first-order valence-corrected chi connectivity index (χ1v) is 6.81. The Morgan fingerprint density at radius 3 is 2.35 bits per heavy atom. The number of aryl methyl sites for hydroxylation is 1. The van der Waals surface area contributed by atoms with E-state index in [4.69, 9.17) is 9.47 Å². The molecule has 2 aromatic heterocycles. The van der Waals surface area contributed by atoms with Gasteiger partial charge < -0.3 is 9.47 Å². The average Bonchev–Trinajstić information content (AvgIpc) is 2.70. The summed E-state index contributed by atoms with van der Waals surface area (Å²) in [5.74, 6) is -0.0769. The zero-order chi connectivity index (χ0) is 17.6. The number of pyridine rings is 1. The van der Waals surface area contributed by atoms with Crippen LogP contribution in [0.2, 0.25) is 0 Å². The number of fused-ring (bicyclic) bond motifs is 1. The summed E-state index contributed by atoms with van der Waals surface area (Å²) in [7, 11) is 1.27. The molecule has 0 aliphatic heterocycles. The molecule has 0 N–H and O–H groups in total. The molecule has 2 aromatic rings. The van der Waals surface area contributed by atoms with Crippen LogP contribution in [0.1, 0.15) is 32.0 Å². The number of rotatable bonds is 1. The quantitative estimate of drug-likeness (QED) is 0.788. The first kappa shape index (κ1) is 17.1. The number of nitrogens with zero attached hydrogens (tertiary/aromatic N) is 2. The average molecular weight is 330 g/mol. The number of methoxy groups -OCH3 is 1. The fourth-order valence-corrected chi connectivity index (χ4v) is 2.23. The van der Waals surface area contributed by atoms with E-state index in [0.29, 0.717) is 11.9 Å². The van der Waals surface area contributed by atoms with Gasteiger partial charge in [-0.1, -0.05) is 0 Å². The molecule has 8 heteroatoms. The molecule has 0 unspecified atom stereocenters. The molecule has 0 saturated carbocycles. The standard InChI is InChI=1S/C15H17F3N2O3/c1-8-6-9-10(15(16,17)18)7-19-12(22-5)11(9)20(8)13(21)23-14(2,3)4/h6-7H,1-5H3. The second kappa shape index (κ2) is 5.43. The fraction of sp³-hybridized carbons (Fsp3) is 0.467. The molecule has 5 nitrogen and oxygen atoms in total. The minimum atomic E-state index is -4.59. The maximum atomic E-state index is 13.2. The number of hydrogen-bond donors (Lipinski definition) is 0. The molecule has 0 aliphatic carbocycles. The lowest BCUT2D eigenvalue weighted by Gasteiger charge is -2.20. The van der Waals surface area contributed by atoms with Crippen LogP contribution in [0.5, 0.6) is 5.88 Å². The van der Waals surface area contributed by atoms with E-state index in [1.54, 1.807) is 20.8 Å². The van der Waals surface area contributed by atoms with Gasteiger partial charge in [-0.2, -0.15) is 13.2 Å². The van der Waals surface area contributed by atoms with Crippen LogP contribution in [0.3, 0.4) is 0 Å². The van der Waals surface area contributed by atoms with Gasteiger partial charge in [0.05, 0.1) is 12.7 Å². The Balaban J connectivity index is 2.76. The zero-order valence-electron chi connectivity index (χ0n) is 13.4. The van der Waals surface area contributed by atoms with Gasteiger partial charge in [-0.25, -0.2) is 14.3 Å². The van der Waals surface area contributed by atoms with Crippen LogP contribution in [0, 0.1) is 6.92 Å². The summed E-state index contributed by atoms with van der Waals surface area (Å²) in [5, 5.41) is -0.160. The number of carbonyl (C=O) groups is 1. The topological polar surface area (TPSA) is 53.4 Å². The first-order chi connectivity index (χ1) is 10.5. The fourth-order valence-electron chi connectivity index (χ4n) is 2.23. The van der Waals surface area contributed by atoms with E-state index in [-0.39, 0.29) is 16.8 Å². The second-order valence-corrected chi connectivity index (χ2v) is 6.04. The van der Waals surface area contributed by atoms with Crippen molar-refractivity contribution in [3.05, 3.63) is 23.5 Å². The van der Waals surface area contributed by atoms with E-state index in [9.17, 15) is 18.0 Å². The molecule has 0 spiro atoms. The molecule has 0 radical (unpaired) electrons. The minimum Gasteiger partial charge on any atom is -0.479 e. The zero-order valence-corrected chi connectivity index (χ0v) is 13.4. The van der Waals surface area contributed by atoms with Gasteiger partial charge in [-0.3, -0.25) is 0 Å². The number of alkyl halides is 3. The number of halogens is 3. The summed E-state index contributed by atoms with van der Waals surface area (Å²) in [4.78, 5) is 16.0. The Bertz CT molecular complexity index is 758. The molecule has 126 valence electrons. The van der Waals surface area contributed by atoms with Gasteiger partial charge in [-0.05, 0) is 33.8 Å². The van der Waals surface area contributed by atoms with E-state index in [2.05, 4.69) is 4.98 Å². The summed E-state index contributed by atoms with van der Waals surface area (Å²) in [6.07, 6.45) is -4.69. The van der Waals surface area contributed by atoms with Gasteiger partial charge >= 0.3 is 12.3 Å². The molecule has 0 atom stereocenters. The van der Waals surface area contributed by atoms with Gasteiger partial charge in [0.25, 0.3) is 0 Å². The highest BCUT2D eigenvalue weighted by Gasteiger charge is 2.36. The lowest BCUT2D eigenvalue weighted by atomic mass is 10.1. The monoisotopic (exact) mass is 330 g/mol. The van der Waals surface area contributed by atoms with Gasteiger partial charge in [0, 0.05) is 17.3 Å². The summed E-state index contributed by atoms with van der Waals surface area (Å²) < 4.78 is 50.8. The van der Waals surface area contributed by atoms with Crippen molar-refractivity contribution in [3.8, 4) is 5.88 Å². The van der Waals surface area contributed by atoms with Gasteiger partial charge in [-0.15, -0.1) is 0 Å². The van der Waals surface area contributed by atoms with Crippen molar-refractivity contribution in [2.45, 2.75) is 39.5 Å². The molecular formula is C15H17F3N2O3. The predicted molar refractivity (Wildman–Crippen MR) is 77.7 cm³/mol. The molecule has 2 rings (SSSR count). The van der Waals surface area contributed by atoms with Crippen molar-refractivity contribution in [1.82, 2.24) is 9.55 Å². The van der Waals surface area contributed by atoms with E-state index < -0.39 is 23.4 Å². The maximum absolute atomic E-state index is 13.2. The highest BCUT2D eigenvalue weighted by Crippen LogP contribution is 2.38. The predicted octanol–water partition coefficient (Wildman–Crippen LogP) is 4.16. The third-order valence-corrected chi connectivity index (χ3v) is 3.06. The third kappa shape index (κ3) is 3.25. The second-order valence-electron chi connectivity index (χ2n) is 6.04. The van der Waals surface area contributed by atoms with Gasteiger partial charge in [0.1, 0.15) is 11.1 Å². The van der Waals surface area contributed by atoms with E-state index in [1.807, 2.05) is 0 Å². The molecular weight excluding hydrogens is 313 g/mol. The van der Waals surface area contributed by atoms with Gasteiger partial charge in [0.15, 0.2) is 0 Å². The largest absolute Gasteiger partial charge is 0.479 e. The normalized spacial score (nSPS) is 12.5. The maximum Gasteiger partial charge on any atom is 0.419 e. The molecule has 0 fully saturated rings. The number of aromatic nitrogens is 2. The number of carbonyl (C=O) groups excluding carboxylic acids is 1. The number of ether oxygens (including phenoxy) is 2. The summed E-state index contributed by atoms with van der Waals surface area (Å²) >= 11 is 0. The Kier molecular flexibility index (Phi) is 4.04. The van der Waals surface area contributed by atoms with Crippen LogP contribution < -0.4 is 4.74 Å². The van der Waals surface area contributed by atoms with E-state index in [1.165, 1.54) is 20.1 Å². The van der Waals surface area contributed by atoms with E-state index >= 15 is 0 Å². The van der Waals surface area contributed by atoms with Crippen molar-refractivity contribution in [3.63, 3.8) is 0 Å². The molecule has 0 aromatic carbocycles. The van der Waals surface area contributed by atoms with Crippen molar-refractivity contribution in [2.75, 3.05) is 7.11 Å². The Morgan fingerprint density at radius 1 is 1.26 bits per heavy atom. The summed E-state index contributed by atoms with van der Waals surface area (Å²) in [6.45, 7) is 6.52. The van der Waals surface area contributed by atoms with E-state index in [0.717, 1.165) is 4.57 Å². The summed E-state index contributed by atoms with van der Waals surface area (Å²) in [5.41, 5.74) is -1.48. The highest BCUT2D eigenvalue weighted by molar-refractivity contribution is 5.95. The van der Waals surface area contributed by atoms with Crippen LogP contribution >= 0.6 is 0 Å². The molecule has 0 amide bonds. The summed E-state index contributed by atoms with van der Waals surface area (Å²) in [6, 6.07) is 1.27. The highest BCUT2D eigenvalue weighted by atomic mass is 19.4. The van der Waals surface area contributed by atoms with Crippen molar-refractivity contribution >= 4 is 17.0 Å². The minimum absolute atomic E-state index is 0.0610. The Hall–Kier alpha value is -2.25. The molecule has 23 heavy (non-hydrogen) atoms. The smallest absolute Gasteiger partial charge is 0.419 e. The third-order valence-electron chi connectivity index (χ3n) is 3.06. The van der Waals surface area contributed by atoms with Crippen LogP contribution in [0.25, 0.3) is 10.9 Å². The van der Waals surface area contributed by atoms with Crippen molar-refractivity contribution < 1.29 is 27.4 Å². The van der Waals surface area contributed by atoms with Gasteiger partial charge in [0.2, 0.25) is 5.88 Å². The number of hydrogen-bond acceptors (Lipinski definition) is 4. The molecule has 2 heterocycles. The van der Waals surface area contributed by atoms with Crippen molar-refractivity contribution in [1.29, 1.82) is 0 Å². The lowest BCUT2D eigenvalue weighted by Crippen LogP contribution is -2.27. The van der Waals surface area contributed by atoms with Crippen LogP contribution in [-0.4, -0.2) is 28.4 Å². The molecule has 0 bridgehead atoms. The van der Waals surface area contributed by atoms with Crippen LogP contribution in [-0.2, 0) is 10.9 Å². The van der Waals surface area contributed by atoms with Crippen molar-refractivity contribution in [2.24, 2.45) is 0 Å². The van der Waals surface area contributed by atoms with Crippen LogP contribution in [0.15, 0.2) is 12.3 Å². The SMILES string of the molecule is COc1ncc(C(F)(F)F)c2cc(C)n(C(=O)OC(C)(C)C)c12. The lowest BCUT2D eigenvalue weighted by molar-refractivity contribution is -0.136. The molecule has 0 aliphatic rings. The Labute approximate surface area is 131 Å². The Morgan fingerprint density at radius 2 is 1.87 bits per heavy atom. The first-order valence-electron chi connectivity index (χ1n) is 6.81.